The van der Waals surface area contributed by atoms with Crippen LogP contribution in [0.1, 0.15) is 15.9 Å². The summed E-state index contributed by atoms with van der Waals surface area (Å²) in [6.07, 6.45) is 1.34. The standard InChI is InChI=1S/C11H8BrNO3/c1-16-6-9-7-4-2-3-5-8(7)10(14)13(12)11(9)15/h2-6H,1H3. The Labute approximate surface area is 101 Å². The van der Waals surface area contributed by atoms with Gasteiger partial charge < -0.3 is 4.74 Å². The van der Waals surface area contributed by atoms with Crippen molar-refractivity contribution in [3.05, 3.63) is 41.7 Å². The molecule has 0 N–H and O–H groups in total. The van der Waals surface area contributed by atoms with Crippen LogP contribution in [0.3, 0.4) is 0 Å². The van der Waals surface area contributed by atoms with Gasteiger partial charge in [-0.3, -0.25) is 9.59 Å². The number of hydrogen-bond acceptors (Lipinski definition) is 3. The van der Waals surface area contributed by atoms with E-state index in [-0.39, 0.29) is 5.91 Å². The zero-order valence-corrected chi connectivity index (χ0v) is 10.0. The second-order valence-corrected chi connectivity index (χ2v) is 3.91. The average molecular weight is 282 g/mol. The van der Waals surface area contributed by atoms with E-state index in [1.807, 2.05) is 0 Å². The Morgan fingerprint density at radius 3 is 2.44 bits per heavy atom. The van der Waals surface area contributed by atoms with Crippen molar-refractivity contribution in [2.75, 3.05) is 7.11 Å². The lowest BCUT2D eigenvalue weighted by Gasteiger charge is -2.22. The summed E-state index contributed by atoms with van der Waals surface area (Å²) in [5, 5.41) is 0. The highest BCUT2D eigenvalue weighted by atomic mass is 79.9. The highest BCUT2D eigenvalue weighted by Crippen LogP contribution is 2.30. The molecule has 82 valence electrons. The smallest absolute Gasteiger partial charge is 0.274 e. The van der Waals surface area contributed by atoms with E-state index >= 15 is 0 Å². The van der Waals surface area contributed by atoms with Crippen LogP contribution in [-0.4, -0.2) is 22.9 Å². The van der Waals surface area contributed by atoms with Crippen LogP contribution in [0.2, 0.25) is 0 Å². The number of fused-ring (bicyclic) bond motifs is 1. The summed E-state index contributed by atoms with van der Waals surface area (Å²) < 4.78 is 5.75. The van der Waals surface area contributed by atoms with E-state index in [0.29, 0.717) is 16.7 Å². The average Bonchev–Trinajstić information content (AvgIpc) is 2.32. The summed E-state index contributed by atoms with van der Waals surface area (Å²) in [5.41, 5.74) is 1.42. The van der Waals surface area contributed by atoms with Crippen LogP contribution in [0.4, 0.5) is 0 Å². The SMILES string of the molecule is COC=C1C(=O)N(Br)C(=O)c2ccccc21. The Morgan fingerprint density at radius 1 is 1.19 bits per heavy atom. The van der Waals surface area contributed by atoms with Gasteiger partial charge in [-0.15, -0.1) is 0 Å². The molecule has 4 nitrogen and oxygen atoms in total. The maximum absolute atomic E-state index is 11.8. The molecule has 0 saturated heterocycles. The van der Waals surface area contributed by atoms with Gasteiger partial charge >= 0.3 is 0 Å². The third-order valence-electron chi connectivity index (χ3n) is 2.27. The van der Waals surface area contributed by atoms with Gasteiger partial charge in [0.05, 0.1) is 35.1 Å². The highest BCUT2D eigenvalue weighted by molar-refractivity contribution is 9.08. The van der Waals surface area contributed by atoms with Crippen molar-refractivity contribution in [1.82, 2.24) is 3.93 Å². The van der Waals surface area contributed by atoms with Gasteiger partial charge in [-0.1, -0.05) is 18.2 Å². The number of carbonyl (C=O) groups excluding carboxylic acids is 2. The fourth-order valence-corrected chi connectivity index (χ4v) is 1.94. The zero-order valence-electron chi connectivity index (χ0n) is 8.44. The van der Waals surface area contributed by atoms with Crippen molar-refractivity contribution in [3.8, 4) is 0 Å². The summed E-state index contributed by atoms with van der Waals surface area (Å²) in [4.78, 5) is 23.6. The first kappa shape index (κ1) is 10.9. The van der Waals surface area contributed by atoms with Gasteiger partial charge in [0.2, 0.25) is 0 Å². The Morgan fingerprint density at radius 2 is 1.81 bits per heavy atom. The summed E-state index contributed by atoms with van der Waals surface area (Å²) in [6.45, 7) is 0. The highest BCUT2D eigenvalue weighted by Gasteiger charge is 2.33. The predicted molar refractivity (Wildman–Crippen MR) is 61.5 cm³/mol. The van der Waals surface area contributed by atoms with E-state index in [1.165, 1.54) is 13.4 Å². The Hall–Kier alpha value is -1.62. The van der Waals surface area contributed by atoms with E-state index in [9.17, 15) is 9.59 Å². The van der Waals surface area contributed by atoms with E-state index in [0.717, 1.165) is 3.93 Å². The monoisotopic (exact) mass is 281 g/mol. The molecule has 0 fully saturated rings. The number of nitrogens with zero attached hydrogens (tertiary/aromatic N) is 1. The van der Waals surface area contributed by atoms with Gasteiger partial charge in [-0.25, -0.2) is 3.93 Å². The van der Waals surface area contributed by atoms with E-state index in [2.05, 4.69) is 16.1 Å². The maximum atomic E-state index is 11.8. The third kappa shape index (κ3) is 1.53. The number of carbonyl (C=O) groups is 2. The van der Waals surface area contributed by atoms with E-state index in [1.54, 1.807) is 24.3 Å². The zero-order chi connectivity index (χ0) is 11.7. The molecular formula is C11H8BrNO3. The first-order valence-electron chi connectivity index (χ1n) is 4.53. The molecule has 0 atom stereocenters. The molecule has 5 heteroatoms. The van der Waals surface area contributed by atoms with Gasteiger partial charge in [0.1, 0.15) is 0 Å². The van der Waals surface area contributed by atoms with Crippen molar-refractivity contribution >= 4 is 33.5 Å². The van der Waals surface area contributed by atoms with Gasteiger partial charge in [-0.05, 0) is 6.07 Å². The second-order valence-electron chi connectivity index (χ2n) is 3.20. The first-order valence-corrected chi connectivity index (χ1v) is 5.24. The van der Waals surface area contributed by atoms with Crippen LogP contribution >= 0.6 is 16.1 Å². The van der Waals surface area contributed by atoms with Gasteiger partial charge in [-0.2, -0.15) is 0 Å². The van der Waals surface area contributed by atoms with Gasteiger partial charge in [0.15, 0.2) is 0 Å². The van der Waals surface area contributed by atoms with E-state index < -0.39 is 5.91 Å². The molecule has 1 aromatic rings. The van der Waals surface area contributed by atoms with Crippen LogP contribution < -0.4 is 0 Å². The lowest BCUT2D eigenvalue weighted by molar-refractivity contribution is -0.118. The molecule has 1 heterocycles. The number of ether oxygens (including phenoxy) is 1. The van der Waals surface area contributed by atoms with Crippen LogP contribution in [0.25, 0.3) is 5.57 Å². The Bertz CT molecular complexity index is 496. The number of amides is 2. The molecule has 0 aliphatic carbocycles. The molecular weight excluding hydrogens is 274 g/mol. The number of hydrogen-bond donors (Lipinski definition) is 0. The molecule has 0 unspecified atom stereocenters. The number of benzene rings is 1. The molecule has 2 amide bonds. The molecule has 0 aromatic heterocycles. The Kier molecular flexibility index (Phi) is 2.78. The maximum Gasteiger partial charge on any atom is 0.274 e. The number of halogens is 1. The molecule has 1 aromatic carbocycles. The summed E-state index contributed by atoms with van der Waals surface area (Å²) >= 11 is 2.94. The molecule has 1 aliphatic heterocycles. The molecule has 1 aliphatic rings. The number of methoxy groups -OCH3 is 1. The minimum absolute atomic E-state index is 0.356. The minimum Gasteiger partial charge on any atom is -0.504 e. The van der Waals surface area contributed by atoms with Gasteiger partial charge in [0.25, 0.3) is 11.8 Å². The van der Waals surface area contributed by atoms with Crippen LogP contribution in [-0.2, 0) is 9.53 Å². The number of imide groups is 1. The van der Waals surface area contributed by atoms with Crippen LogP contribution in [0, 0.1) is 0 Å². The van der Waals surface area contributed by atoms with Crippen LogP contribution in [0.5, 0.6) is 0 Å². The van der Waals surface area contributed by atoms with Crippen molar-refractivity contribution in [3.63, 3.8) is 0 Å². The van der Waals surface area contributed by atoms with Crippen molar-refractivity contribution in [2.45, 2.75) is 0 Å². The van der Waals surface area contributed by atoms with Gasteiger partial charge in [0, 0.05) is 11.1 Å². The van der Waals surface area contributed by atoms with Crippen molar-refractivity contribution in [2.24, 2.45) is 0 Å². The van der Waals surface area contributed by atoms with Crippen molar-refractivity contribution < 1.29 is 14.3 Å². The first-order chi connectivity index (χ1) is 7.66. The summed E-state index contributed by atoms with van der Waals surface area (Å²) in [6, 6.07) is 6.91. The number of rotatable bonds is 1. The quantitative estimate of drug-likeness (QED) is 0.342. The predicted octanol–water partition coefficient (Wildman–Crippen LogP) is 1.97. The molecule has 0 radical (unpaired) electrons. The van der Waals surface area contributed by atoms with Crippen LogP contribution in [0.15, 0.2) is 30.5 Å². The molecule has 16 heavy (non-hydrogen) atoms. The lowest BCUT2D eigenvalue weighted by atomic mass is 9.96. The normalized spacial score (nSPS) is 17.6. The molecule has 0 bridgehead atoms. The fraction of sp³-hybridized carbons (Fsp3) is 0.0909. The van der Waals surface area contributed by atoms with E-state index in [4.69, 9.17) is 4.74 Å². The summed E-state index contributed by atoms with van der Waals surface area (Å²) in [5.74, 6) is -0.792. The fourth-order valence-electron chi connectivity index (χ4n) is 1.56. The largest absolute Gasteiger partial charge is 0.504 e. The van der Waals surface area contributed by atoms with Crippen molar-refractivity contribution in [1.29, 1.82) is 0 Å². The topological polar surface area (TPSA) is 46.6 Å². The third-order valence-corrected chi connectivity index (χ3v) is 2.91. The molecule has 0 saturated carbocycles. The second kappa shape index (κ2) is 4.09. The lowest BCUT2D eigenvalue weighted by Crippen LogP contribution is -2.34. The molecule has 2 rings (SSSR count). The minimum atomic E-state index is -0.425. The molecule has 0 spiro atoms. The summed E-state index contributed by atoms with van der Waals surface area (Å²) in [7, 11) is 1.46. The Balaban J connectivity index is 2.66.